The Morgan fingerprint density at radius 3 is 2.62 bits per heavy atom. The normalized spacial score (nSPS) is 10.2. The van der Waals surface area contributed by atoms with Gasteiger partial charge in [-0.1, -0.05) is 11.6 Å². The van der Waals surface area contributed by atoms with Crippen LogP contribution in [0.2, 0.25) is 5.02 Å². The fourth-order valence-corrected chi connectivity index (χ4v) is 1.99. The Balaban J connectivity index is 2.36. The highest BCUT2D eigenvalue weighted by atomic mass is 35.5. The molecule has 6 nitrogen and oxygen atoms in total. The lowest BCUT2D eigenvalue weighted by atomic mass is 10.2. The maximum absolute atomic E-state index is 11.2. The first-order valence-electron chi connectivity index (χ1n) is 5.95. The molecule has 0 saturated carbocycles. The van der Waals surface area contributed by atoms with Crippen molar-refractivity contribution in [3.8, 4) is 0 Å². The quantitative estimate of drug-likeness (QED) is 0.805. The molecule has 0 aliphatic carbocycles. The Labute approximate surface area is 125 Å². The molecule has 1 aromatic carbocycles. The summed E-state index contributed by atoms with van der Waals surface area (Å²) in [6.45, 7) is 1.72. The number of carbonyl (C=O) groups is 2. The minimum absolute atomic E-state index is 0.0237. The number of primary amides is 1. The van der Waals surface area contributed by atoms with Crippen molar-refractivity contribution < 1.29 is 14.7 Å². The molecule has 1 aromatic heterocycles. The highest BCUT2D eigenvalue weighted by Crippen LogP contribution is 2.23. The number of anilines is 2. The number of benzene rings is 1. The number of nitrogens with two attached hydrogens (primary N) is 1. The van der Waals surface area contributed by atoms with Crippen LogP contribution in [0, 0.1) is 6.92 Å². The number of carboxylic acid groups (broad SMARTS) is 1. The molecule has 0 bridgehead atoms. The summed E-state index contributed by atoms with van der Waals surface area (Å²) in [5, 5.41) is 12.1. The molecule has 108 valence electrons. The van der Waals surface area contributed by atoms with Gasteiger partial charge in [0, 0.05) is 16.9 Å². The largest absolute Gasteiger partial charge is 0.478 e. The van der Waals surface area contributed by atoms with Gasteiger partial charge in [-0.2, -0.15) is 0 Å². The zero-order valence-electron chi connectivity index (χ0n) is 11.1. The van der Waals surface area contributed by atoms with E-state index in [1.165, 1.54) is 18.2 Å². The summed E-state index contributed by atoms with van der Waals surface area (Å²) in [6.07, 6.45) is 0. The van der Waals surface area contributed by atoms with Crippen molar-refractivity contribution in [1.82, 2.24) is 4.98 Å². The zero-order valence-corrected chi connectivity index (χ0v) is 11.8. The Kier molecular flexibility index (Phi) is 4.09. The second kappa shape index (κ2) is 5.80. The Bertz CT molecular complexity index is 731. The average Bonchev–Trinajstić information content (AvgIpc) is 2.40. The van der Waals surface area contributed by atoms with E-state index in [0.717, 1.165) is 0 Å². The molecule has 7 heteroatoms. The molecule has 0 atom stereocenters. The van der Waals surface area contributed by atoms with E-state index in [9.17, 15) is 9.59 Å². The molecule has 0 aliphatic heterocycles. The summed E-state index contributed by atoms with van der Waals surface area (Å²) in [5.41, 5.74) is 6.64. The van der Waals surface area contributed by atoms with Gasteiger partial charge >= 0.3 is 5.97 Å². The Morgan fingerprint density at radius 1 is 1.29 bits per heavy atom. The molecule has 0 aliphatic rings. The van der Waals surface area contributed by atoms with E-state index in [2.05, 4.69) is 10.3 Å². The number of pyridine rings is 1. The monoisotopic (exact) mass is 305 g/mol. The number of aromatic carboxylic acids is 1. The number of carboxylic acids is 1. The van der Waals surface area contributed by atoms with Crippen molar-refractivity contribution in [2.24, 2.45) is 5.73 Å². The summed E-state index contributed by atoms with van der Waals surface area (Å²) in [5.74, 6) is -1.30. The third-order valence-electron chi connectivity index (χ3n) is 2.71. The van der Waals surface area contributed by atoms with Crippen molar-refractivity contribution in [3.05, 3.63) is 52.2 Å². The first-order valence-corrected chi connectivity index (χ1v) is 6.33. The minimum Gasteiger partial charge on any atom is -0.478 e. The molecule has 0 unspecified atom stereocenters. The zero-order chi connectivity index (χ0) is 15.6. The van der Waals surface area contributed by atoms with E-state index in [1.54, 1.807) is 19.1 Å². The van der Waals surface area contributed by atoms with E-state index < -0.39 is 11.9 Å². The van der Waals surface area contributed by atoms with Crippen molar-refractivity contribution in [2.45, 2.75) is 6.92 Å². The van der Waals surface area contributed by atoms with Gasteiger partial charge in [-0.3, -0.25) is 4.79 Å². The SMILES string of the molecule is Cc1cc(C(N)=O)cc(Nc2ccc(Cl)c(C(=O)O)c2)n1. The van der Waals surface area contributed by atoms with Crippen molar-refractivity contribution in [1.29, 1.82) is 0 Å². The molecule has 4 N–H and O–H groups in total. The van der Waals surface area contributed by atoms with E-state index in [4.69, 9.17) is 22.4 Å². The lowest BCUT2D eigenvalue weighted by Crippen LogP contribution is -2.12. The van der Waals surface area contributed by atoms with Crippen LogP contribution in [0.3, 0.4) is 0 Å². The number of carbonyl (C=O) groups excluding carboxylic acids is 1. The van der Waals surface area contributed by atoms with Gasteiger partial charge in [0.1, 0.15) is 5.82 Å². The molecule has 1 heterocycles. The predicted molar refractivity (Wildman–Crippen MR) is 79.2 cm³/mol. The van der Waals surface area contributed by atoms with Crippen LogP contribution in [0.15, 0.2) is 30.3 Å². The molecule has 0 saturated heterocycles. The third-order valence-corrected chi connectivity index (χ3v) is 3.04. The number of nitrogens with one attached hydrogen (secondary N) is 1. The molecule has 21 heavy (non-hydrogen) atoms. The molecular formula is C14H12ClN3O3. The predicted octanol–water partition coefficient (Wildman–Crippen LogP) is 2.58. The molecule has 0 radical (unpaired) electrons. The Morgan fingerprint density at radius 2 is 2.00 bits per heavy atom. The van der Waals surface area contributed by atoms with Crippen LogP contribution >= 0.6 is 11.6 Å². The third kappa shape index (κ3) is 3.49. The highest BCUT2D eigenvalue weighted by Gasteiger charge is 2.10. The van der Waals surface area contributed by atoms with Crippen LogP contribution < -0.4 is 11.1 Å². The smallest absolute Gasteiger partial charge is 0.337 e. The first kappa shape index (κ1) is 14.8. The average molecular weight is 306 g/mol. The van der Waals surface area contributed by atoms with E-state index in [0.29, 0.717) is 22.8 Å². The maximum atomic E-state index is 11.2. The number of hydrogen-bond acceptors (Lipinski definition) is 4. The molecule has 0 spiro atoms. The summed E-state index contributed by atoms with van der Waals surface area (Å²) < 4.78 is 0. The highest BCUT2D eigenvalue weighted by molar-refractivity contribution is 6.33. The summed E-state index contributed by atoms with van der Waals surface area (Å²) >= 11 is 5.80. The van der Waals surface area contributed by atoms with Gasteiger partial charge in [0.2, 0.25) is 5.91 Å². The second-order valence-electron chi connectivity index (χ2n) is 4.37. The van der Waals surface area contributed by atoms with Crippen LogP contribution in [0.4, 0.5) is 11.5 Å². The van der Waals surface area contributed by atoms with E-state index in [1.807, 2.05) is 0 Å². The number of aryl methyl sites for hydroxylation is 1. The molecule has 0 fully saturated rings. The van der Waals surface area contributed by atoms with Crippen LogP contribution in [0.5, 0.6) is 0 Å². The lowest BCUT2D eigenvalue weighted by molar-refractivity contribution is 0.0697. The standard InChI is InChI=1S/C14H12ClN3O3/c1-7-4-8(13(16)19)5-12(17-7)18-9-2-3-11(15)10(6-9)14(20)21/h2-6H,1H3,(H2,16,19)(H,17,18)(H,20,21). The summed E-state index contributed by atoms with van der Waals surface area (Å²) in [6, 6.07) is 7.53. The van der Waals surface area contributed by atoms with Crippen LogP contribution in [0.1, 0.15) is 26.4 Å². The Hall–Kier alpha value is -2.60. The number of amides is 1. The summed E-state index contributed by atoms with van der Waals surface area (Å²) in [4.78, 5) is 26.5. The maximum Gasteiger partial charge on any atom is 0.337 e. The van der Waals surface area contributed by atoms with Gasteiger partial charge in [-0.15, -0.1) is 0 Å². The van der Waals surface area contributed by atoms with Crippen LogP contribution in [0.25, 0.3) is 0 Å². The van der Waals surface area contributed by atoms with Crippen molar-refractivity contribution >= 4 is 35.0 Å². The van der Waals surface area contributed by atoms with E-state index in [-0.39, 0.29) is 10.6 Å². The fraction of sp³-hybridized carbons (Fsp3) is 0.0714. The fourth-order valence-electron chi connectivity index (χ4n) is 1.79. The second-order valence-corrected chi connectivity index (χ2v) is 4.78. The van der Waals surface area contributed by atoms with Gasteiger partial charge in [0.15, 0.2) is 0 Å². The lowest BCUT2D eigenvalue weighted by Gasteiger charge is -2.09. The van der Waals surface area contributed by atoms with E-state index >= 15 is 0 Å². The molecule has 2 aromatic rings. The number of nitrogens with zero attached hydrogens (tertiary/aromatic N) is 1. The first-order chi connectivity index (χ1) is 9.86. The topological polar surface area (TPSA) is 105 Å². The van der Waals surface area contributed by atoms with Crippen molar-refractivity contribution in [3.63, 3.8) is 0 Å². The number of hydrogen-bond donors (Lipinski definition) is 3. The number of halogens is 1. The number of aromatic nitrogens is 1. The molecule has 1 amide bonds. The van der Waals surface area contributed by atoms with Crippen molar-refractivity contribution in [2.75, 3.05) is 5.32 Å². The van der Waals surface area contributed by atoms with Crippen LogP contribution in [-0.4, -0.2) is 22.0 Å². The molecule has 2 rings (SSSR count). The minimum atomic E-state index is -1.13. The van der Waals surface area contributed by atoms with Crippen LogP contribution in [-0.2, 0) is 0 Å². The van der Waals surface area contributed by atoms with Gasteiger partial charge in [0.25, 0.3) is 0 Å². The number of rotatable bonds is 4. The van der Waals surface area contributed by atoms with Gasteiger partial charge in [0.05, 0.1) is 10.6 Å². The molecular weight excluding hydrogens is 294 g/mol. The van der Waals surface area contributed by atoms with Gasteiger partial charge in [-0.25, -0.2) is 9.78 Å². The van der Waals surface area contributed by atoms with Gasteiger partial charge in [-0.05, 0) is 37.3 Å². The summed E-state index contributed by atoms with van der Waals surface area (Å²) in [7, 11) is 0. The van der Waals surface area contributed by atoms with Gasteiger partial charge < -0.3 is 16.2 Å².